The number of amides is 2. The summed E-state index contributed by atoms with van der Waals surface area (Å²) in [6.45, 7) is 6.08. The van der Waals surface area contributed by atoms with Crippen LogP contribution in [0.15, 0.2) is 41.2 Å². The molecule has 24 heavy (non-hydrogen) atoms. The van der Waals surface area contributed by atoms with Gasteiger partial charge in [-0.1, -0.05) is 18.2 Å². The molecule has 2 aromatic rings. The van der Waals surface area contributed by atoms with E-state index >= 15 is 0 Å². The van der Waals surface area contributed by atoms with E-state index in [2.05, 4.69) is 15.6 Å². The van der Waals surface area contributed by atoms with E-state index in [0.717, 1.165) is 17.0 Å². The summed E-state index contributed by atoms with van der Waals surface area (Å²) >= 11 is 0. The molecule has 0 unspecified atom stereocenters. The summed E-state index contributed by atoms with van der Waals surface area (Å²) in [6.07, 6.45) is 0. The van der Waals surface area contributed by atoms with Crippen LogP contribution in [0.4, 0.5) is 4.79 Å². The number of ether oxygens (including phenoxy) is 1. The van der Waals surface area contributed by atoms with Gasteiger partial charge in [-0.05, 0) is 44.5 Å². The first-order valence-electron chi connectivity index (χ1n) is 7.87. The van der Waals surface area contributed by atoms with Crippen LogP contribution in [-0.2, 0) is 6.54 Å². The smallest absolute Gasteiger partial charge is 0.315 e. The maximum absolute atomic E-state index is 11.9. The van der Waals surface area contributed by atoms with Crippen molar-refractivity contribution in [3.8, 4) is 5.75 Å². The molecule has 0 bridgehead atoms. The molecule has 0 radical (unpaired) electrons. The van der Waals surface area contributed by atoms with E-state index in [0.29, 0.717) is 12.2 Å². The molecule has 6 nitrogen and oxygen atoms in total. The standard InChI is InChI=1S/C18H23N3O3/c1-12-9-13(2)20-17(22)16(12)10-19-18(23)21-14(3)11-24-15-7-5-4-6-8-15/h4-9,14H,10-11H2,1-3H3,(H,20,22)(H2,19,21,23)/t14-/m0/s1. The summed E-state index contributed by atoms with van der Waals surface area (Å²) in [5.41, 5.74) is 2.05. The van der Waals surface area contributed by atoms with Gasteiger partial charge in [-0.3, -0.25) is 4.79 Å². The maximum Gasteiger partial charge on any atom is 0.315 e. The van der Waals surface area contributed by atoms with Crippen molar-refractivity contribution >= 4 is 6.03 Å². The van der Waals surface area contributed by atoms with Gasteiger partial charge in [0.1, 0.15) is 12.4 Å². The number of benzene rings is 1. The lowest BCUT2D eigenvalue weighted by molar-refractivity contribution is 0.226. The fourth-order valence-corrected chi connectivity index (χ4v) is 2.32. The molecule has 0 aliphatic rings. The van der Waals surface area contributed by atoms with Crippen LogP contribution < -0.4 is 20.9 Å². The molecule has 6 heteroatoms. The Hall–Kier alpha value is -2.76. The number of H-pyrrole nitrogens is 1. The summed E-state index contributed by atoms with van der Waals surface area (Å²) < 4.78 is 5.59. The second-order valence-electron chi connectivity index (χ2n) is 5.80. The number of hydrogen-bond acceptors (Lipinski definition) is 3. The van der Waals surface area contributed by atoms with Crippen molar-refractivity contribution in [2.24, 2.45) is 0 Å². The highest BCUT2D eigenvalue weighted by molar-refractivity contribution is 5.74. The Morgan fingerprint density at radius 2 is 1.96 bits per heavy atom. The van der Waals surface area contributed by atoms with E-state index in [1.807, 2.05) is 57.2 Å². The van der Waals surface area contributed by atoms with Crippen LogP contribution in [-0.4, -0.2) is 23.7 Å². The number of nitrogens with one attached hydrogen (secondary N) is 3. The number of carbonyl (C=O) groups is 1. The Bertz CT molecular complexity index is 741. The molecule has 2 amide bonds. The largest absolute Gasteiger partial charge is 0.491 e. The van der Waals surface area contributed by atoms with Gasteiger partial charge >= 0.3 is 6.03 Å². The first-order chi connectivity index (χ1) is 11.5. The minimum Gasteiger partial charge on any atom is -0.491 e. The predicted molar refractivity (Wildman–Crippen MR) is 93.3 cm³/mol. The second-order valence-corrected chi connectivity index (χ2v) is 5.80. The van der Waals surface area contributed by atoms with Crippen molar-refractivity contribution in [2.75, 3.05) is 6.61 Å². The molecule has 3 N–H and O–H groups in total. The summed E-state index contributed by atoms with van der Waals surface area (Å²) in [5, 5.41) is 5.49. The number of urea groups is 1. The van der Waals surface area contributed by atoms with Gasteiger partial charge in [0.2, 0.25) is 0 Å². The third-order valence-electron chi connectivity index (χ3n) is 3.54. The number of pyridine rings is 1. The van der Waals surface area contributed by atoms with Gasteiger partial charge < -0.3 is 20.4 Å². The van der Waals surface area contributed by atoms with Crippen LogP contribution in [0.2, 0.25) is 0 Å². The number of hydrogen-bond donors (Lipinski definition) is 3. The molecule has 1 aromatic heterocycles. The topological polar surface area (TPSA) is 83.2 Å². The molecule has 0 fully saturated rings. The lowest BCUT2D eigenvalue weighted by Gasteiger charge is -2.16. The van der Waals surface area contributed by atoms with E-state index in [4.69, 9.17) is 4.74 Å². The Labute approximate surface area is 141 Å². The van der Waals surface area contributed by atoms with Crippen molar-refractivity contribution in [1.82, 2.24) is 15.6 Å². The van der Waals surface area contributed by atoms with Crippen LogP contribution in [0.5, 0.6) is 5.75 Å². The van der Waals surface area contributed by atoms with Gasteiger partial charge in [0, 0.05) is 11.3 Å². The molecule has 1 heterocycles. The number of aryl methyl sites for hydroxylation is 2. The average Bonchev–Trinajstić information content (AvgIpc) is 2.53. The summed E-state index contributed by atoms with van der Waals surface area (Å²) in [6, 6.07) is 10.8. The van der Waals surface area contributed by atoms with Crippen molar-refractivity contribution < 1.29 is 9.53 Å². The third-order valence-corrected chi connectivity index (χ3v) is 3.54. The molecule has 0 saturated heterocycles. The van der Waals surface area contributed by atoms with Crippen LogP contribution in [0.3, 0.4) is 0 Å². The van der Waals surface area contributed by atoms with E-state index < -0.39 is 0 Å². The lowest BCUT2D eigenvalue weighted by atomic mass is 10.1. The van der Waals surface area contributed by atoms with E-state index in [1.165, 1.54) is 0 Å². The zero-order chi connectivity index (χ0) is 17.5. The van der Waals surface area contributed by atoms with Crippen molar-refractivity contribution in [1.29, 1.82) is 0 Å². The molecule has 0 aliphatic heterocycles. The van der Waals surface area contributed by atoms with E-state index in [1.54, 1.807) is 0 Å². The Morgan fingerprint density at radius 3 is 2.62 bits per heavy atom. The van der Waals surface area contributed by atoms with Crippen LogP contribution in [0, 0.1) is 13.8 Å². The Kier molecular flexibility index (Phi) is 6.01. The molecular weight excluding hydrogens is 306 g/mol. The number of aromatic nitrogens is 1. The highest BCUT2D eigenvalue weighted by Gasteiger charge is 2.10. The van der Waals surface area contributed by atoms with E-state index in [9.17, 15) is 9.59 Å². The fraction of sp³-hybridized carbons (Fsp3) is 0.333. The number of aromatic amines is 1. The summed E-state index contributed by atoms with van der Waals surface area (Å²) in [4.78, 5) is 26.6. The van der Waals surface area contributed by atoms with Crippen molar-refractivity contribution in [3.63, 3.8) is 0 Å². The van der Waals surface area contributed by atoms with Crippen LogP contribution in [0.1, 0.15) is 23.7 Å². The summed E-state index contributed by atoms with van der Waals surface area (Å²) in [5.74, 6) is 0.758. The van der Waals surface area contributed by atoms with Crippen molar-refractivity contribution in [3.05, 3.63) is 63.6 Å². The Balaban J connectivity index is 1.80. The zero-order valence-corrected chi connectivity index (χ0v) is 14.2. The van der Waals surface area contributed by atoms with Crippen LogP contribution >= 0.6 is 0 Å². The van der Waals surface area contributed by atoms with Gasteiger partial charge in [-0.2, -0.15) is 0 Å². The molecule has 1 aromatic carbocycles. The molecule has 0 spiro atoms. The average molecular weight is 329 g/mol. The minimum atomic E-state index is -0.335. The predicted octanol–water partition coefficient (Wildman–Crippen LogP) is 2.26. The van der Waals surface area contributed by atoms with Gasteiger partial charge in [0.05, 0.1) is 12.6 Å². The van der Waals surface area contributed by atoms with Crippen molar-refractivity contribution in [2.45, 2.75) is 33.4 Å². The van der Waals surface area contributed by atoms with Crippen LogP contribution in [0.25, 0.3) is 0 Å². The second kappa shape index (κ2) is 8.19. The fourth-order valence-electron chi connectivity index (χ4n) is 2.32. The lowest BCUT2D eigenvalue weighted by Crippen LogP contribution is -2.43. The number of carbonyl (C=O) groups excluding carboxylic acids is 1. The number of rotatable bonds is 6. The highest BCUT2D eigenvalue weighted by atomic mass is 16.5. The molecule has 0 saturated carbocycles. The molecular formula is C18H23N3O3. The molecule has 0 aliphatic carbocycles. The minimum absolute atomic E-state index is 0.164. The summed E-state index contributed by atoms with van der Waals surface area (Å²) in [7, 11) is 0. The third kappa shape index (κ3) is 5.15. The zero-order valence-electron chi connectivity index (χ0n) is 14.2. The van der Waals surface area contributed by atoms with E-state index in [-0.39, 0.29) is 24.2 Å². The first kappa shape index (κ1) is 17.6. The highest BCUT2D eigenvalue weighted by Crippen LogP contribution is 2.08. The number of para-hydroxylation sites is 1. The van der Waals surface area contributed by atoms with Gasteiger partial charge in [-0.15, -0.1) is 0 Å². The van der Waals surface area contributed by atoms with Gasteiger partial charge in [0.25, 0.3) is 5.56 Å². The molecule has 1 atom stereocenters. The normalized spacial score (nSPS) is 11.6. The van der Waals surface area contributed by atoms with Gasteiger partial charge in [0.15, 0.2) is 0 Å². The Morgan fingerprint density at radius 1 is 1.25 bits per heavy atom. The first-order valence-corrected chi connectivity index (χ1v) is 7.87. The quantitative estimate of drug-likeness (QED) is 0.760. The molecule has 2 rings (SSSR count). The molecule has 128 valence electrons. The maximum atomic E-state index is 11.9. The monoisotopic (exact) mass is 329 g/mol. The van der Waals surface area contributed by atoms with Gasteiger partial charge in [-0.25, -0.2) is 4.79 Å². The SMILES string of the molecule is Cc1cc(C)c(CNC(=O)N[C@@H](C)COc2ccccc2)c(=O)[nH]1.